The van der Waals surface area contributed by atoms with Crippen LogP contribution in [0.15, 0.2) is 42.5 Å². The lowest BCUT2D eigenvalue weighted by Gasteiger charge is -2.12. The molecule has 0 heterocycles. The minimum absolute atomic E-state index is 0.131. The van der Waals surface area contributed by atoms with Crippen molar-refractivity contribution in [2.75, 3.05) is 0 Å². The Bertz CT molecular complexity index is 640. The highest BCUT2D eigenvalue weighted by atomic mass is 19.1. The first-order valence-electron chi connectivity index (χ1n) is 6.91. The smallest absolute Gasteiger partial charge is 0.126 e. The van der Waals surface area contributed by atoms with E-state index in [9.17, 15) is 4.39 Å². The van der Waals surface area contributed by atoms with E-state index in [1.807, 2.05) is 37.3 Å². The molecule has 2 rings (SSSR count). The summed E-state index contributed by atoms with van der Waals surface area (Å²) in [6, 6.07) is 15.0. The third-order valence-electron chi connectivity index (χ3n) is 3.67. The molecule has 2 aromatic carbocycles. The van der Waals surface area contributed by atoms with Crippen molar-refractivity contribution in [1.82, 2.24) is 0 Å². The molecule has 1 unspecified atom stereocenters. The Labute approximate surface area is 119 Å². The second-order valence-corrected chi connectivity index (χ2v) is 5.15. The average Bonchev–Trinajstić information content (AvgIpc) is 2.48. The Morgan fingerprint density at radius 3 is 2.60 bits per heavy atom. The number of nitriles is 1. The summed E-state index contributed by atoms with van der Waals surface area (Å²) in [7, 11) is 0. The van der Waals surface area contributed by atoms with Gasteiger partial charge in [-0.25, -0.2) is 4.39 Å². The van der Waals surface area contributed by atoms with Gasteiger partial charge in [0.1, 0.15) is 5.82 Å². The number of rotatable bonds is 4. The van der Waals surface area contributed by atoms with E-state index in [-0.39, 0.29) is 11.7 Å². The third-order valence-corrected chi connectivity index (χ3v) is 3.67. The van der Waals surface area contributed by atoms with Crippen LogP contribution in [0.5, 0.6) is 0 Å². The standard InChI is InChI=1S/C18H18FN/c1-3-13(2)17-11-15(7-8-18(17)19)9-14-5-4-6-16(10-14)12-20/h4-8,10-11,13H,3,9H2,1-2H3. The first kappa shape index (κ1) is 14.3. The van der Waals surface area contributed by atoms with Crippen molar-refractivity contribution in [2.45, 2.75) is 32.6 Å². The third kappa shape index (κ3) is 3.24. The predicted molar refractivity (Wildman–Crippen MR) is 79.1 cm³/mol. The van der Waals surface area contributed by atoms with Crippen molar-refractivity contribution in [2.24, 2.45) is 0 Å². The summed E-state index contributed by atoms with van der Waals surface area (Å²) in [5.41, 5.74) is 3.59. The van der Waals surface area contributed by atoms with Gasteiger partial charge in [-0.05, 0) is 53.6 Å². The molecule has 102 valence electrons. The first-order chi connectivity index (χ1) is 9.63. The Morgan fingerprint density at radius 1 is 1.15 bits per heavy atom. The Morgan fingerprint density at radius 2 is 1.90 bits per heavy atom. The monoisotopic (exact) mass is 267 g/mol. The summed E-state index contributed by atoms with van der Waals surface area (Å²) in [6.07, 6.45) is 1.64. The Balaban J connectivity index is 2.27. The van der Waals surface area contributed by atoms with Crippen LogP contribution in [0.3, 0.4) is 0 Å². The molecular formula is C18H18FN. The zero-order chi connectivity index (χ0) is 14.5. The molecule has 0 bridgehead atoms. The maximum Gasteiger partial charge on any atom is 0.126 e. The van der Waals surface area contributed by atoms with Crippen molar-refractivity contribution in [3.05, 3.63) is 70.5 Å². The summed E-state index contributed by atoms with van der Waals surface area (Å²) in [6.45, 7) is 4.10. The van der Waals surface area contributed by atoms with Crippen LogP contribution in [-0.4, -0.2) is 0 Å². The van der Waals surface area contributed by atoms with Gasteiger partial charge in [-0.15, -0.1) is 0 Å². The minimum Gasteiger partial charge on any atom is -0.207 e. The van der Waals surface area contributed by atoms with Gasteiger partial charge in [0.15, 0.2) is 0 Å². The van der Waals surface area contributed by atoms with Crippen LogP contribution in [-0.2, 0) is 6.42 Å². The molecule has 0 saturated heterocycles. The zero-order valence-electron chi connectivity index (χ0n) is 11.9. The van der Waals surface area contributed by atoms with Crippen molar-refractivity contribution in [1.29, 1.82) is 5.26 Å². The molecule has 0 fully saturated rings. The predicted octanol–water partition coefficient (Wildman–Crippen LogP) is 4.80. The van der Waals surface area contributed by atoms with Gasteiger partial charge in [-0.1, -0.05) is 38.1 Å². The quantitative estimate of drug-likeness (QED) is 0.780. The molecule has 0 saturated carbocycles. The second-order valence-electron chi connectivity index (χ2n) is 5.15. The number of nitrogens with zero attached hydrogens (tertiary/aromatic N) is 1. The molecule has 0 amide bonds. The molecule has 2 aromatic rings. The Hall–Kier alpha value is -2.14. The molecule has 0 aliphatic heterocycles. The first-order valence-corrected chi connectivity index (χ1v) is 6.91. The van der Waals surface area contributed by atoms with Crippen LogP contribution in [0.4, 0.5) is 4.39 Å². The molecule has 0 aliphatic rings. The van der Waals surface area contributed by atoms with Gasteiger partial charge in [0.05, 0.1) is 11.6 Å². The van der Waals surface area contributed by atoms with Crippen LogP contribution < -0.4 is 0 Å². The lowest BCUT2D eigenvalue weighted by atomic mass is 9.94. The maximum absolute atomic E-state index is 13.8. The molecule has 2 heteroatoms. The van der Waals surface area contributed by atoms with E-state index < -0.39 is 0 Å². The van der Waals surface area contributed by atoms with E-state index in [1.54, 1.807) is 12.1 Å². The van der Waals surface area contributed by atoms with Gasteiger partial charge in [0.25, 0.3) is 0 Å². The molecule has 0 N–H and O–H groups in total. The lowest BCUT2D eigenvalue weighted by Crippen LogP contribution is -1.98. The Kier molecular flexibility index (Phi) is 4.53. The van der Waals surface area contributed by atoms with Crippen LogP contribution in [0.2, 0.25) is 0 Å². The van der Waals surface area contributed by atoms with Crippen LogP contribution in [0.1, 0.15) is 48.4 Å². The highest BCUT2D eigenvalue weighted by Gasteiger charge is 2.10. The topological polar surface area (TPSA) is 23.8 Å². The number of hydrogen-bond donors (Lipinski definition) is 0. The maximum atomic E-state index is 13.8. The van der Waals surface area contributed by atoms with Crippen molar-refractivity contribution in [3.8, 4) is 6.07 Å². The van der Waals surface area contributed by atoms with Crippen LogP contribution >= 0.6 is 0 Å². The van der Waals surface area contributed by atoms with Gasteiger partial charge in [-0.2, -0.15) is 5.26 Å². The molecular weight excluding hydrogens is 249 g/mol. The number of halogens is 1. The number of hydrogen-bond acceptors (Lipinski definition) is 1. The molecule has 1 atom stereocenters. The van der Waals surface area contributed by atoms with Crippen LogP contribution in [0.25, 0.3) is 0 Å². The summed E-state index contributed by atoms with van der Waals surface area (Å²) < 4.78 is 13.8. The van der Waals surface area contributed by atoms with Gasteiger partial charge >= 0.3 is 0 Å². The molecule has 0 radical (unpaired) electrons. The highest BCUT2D eigenvalue weighted by molar-refractivity contribution is 5.37. The second kappa shape index (κ2) is 6.34. The van der Waals surface area contributed by atoms with Gasteiger partial charge in [0, 0.05) is 0 Å². The van der Waals surface area contributed by atoms with Crippen molar-refractivity contribution in [3.63, 3.8) is 0 Å². The van der Waals surface area contributed by atoms with Gasteiger partial charge in [0.2, 0.25) is 0 Å². The molecule has 0 spiro atoms. The molecule has 20 heavy (non-hydrogen) atoms. The molecule has 0 aliphatic carbocycles. The van der Waals surface area contributed by atoms with Crippen molar-refractivity contribution < 1.29 is 4.39 Å². The van der Waals surface area contributed by atoms with E-state index in [4.69, 9.17) is 5.26 Å². The minimum atomic E-state index is -0.131. The zero-order valence-corrected chi connectivity index (χ0v) is 11.9. The summed E-state index contributed by atoms with van der Waals surface area (Å²) in [4.78, 5) is 0. The molecule has 1 nitrogen and oxygen atoms in total. The summed E-state index contributed by atoms with van der Waals surface area (Å²) in [5, 5.41) is 8.91. The highest BCUT2D eigenvalue weighted by Crippen LogP contribution is 2.24. The van der Waals surface area contributed by atoms with Gasteiger partial charge in [-0.3, -0.25) is 0 Å². The average molecular weight is 267 g/mol. The van der Waals surface area contributed by atoms with E-state index in [1.165, 1.54) is 0 Å². The van der Waals surface area contributed by atoms with Crippen LogP contribution in [0, 0.1) is 17.1 Å². The normalized spacial score (nSPS) is 11.9. The molecule has 0 aromatic heterocycles. The van der Waals surface area contributed by atoms with Gasteiger partial charge < -0.3 is 0 Å². The SMILES string of the molecule is CCC(C)c1cc(Cc2cccc(C#N)c2)ccc1F. The lowest BCUT2D eigenvalue weighted by molar-refractivity contribution is 0.582. The summed E-state index contributed by atoms with van der Waals surface area (Å²) in [5.74, 6) is 0.0919. The van der Waals surface area contributed by atoms with E-state index >= 15 is 0 Å². The fourth-order valence-electron chi connectivity index (χ4n) is 2.29. The largest absolute Gasteiger partial charge is 0.207 e. The van der Waals surface area contributed by atoms with Crippen molar-refractivity contribution >= 4 is 0 Å². The fourth-order valence-corrected chi connectivity index (χ4v) is 2.29. The van der Waals surface area contributed by atoms with E-state index in [0.29, 0.717) is 5.56 Å². The fraction of sp³-hybridized carbons (Fsp3) is 0.278. The summed E-state index contributed by atoms with van der Waals surface area (Å²) >= 11 is 0. The van der Waals surface area contributed by atoms with E-state index in [2.05, 4.69) is 13.0 Å². The number of benzene rings is 2. The van der Waals surface area contributed by atoms with E-state index in [0.717, 1.165) is 29.5 Å².